The number of rotatable bonds is 5. The number of nitrogens with one attached hydrogen (secondary N) is 2. The Morgan fingerprint density at radius 3 is 2.44 bits per heavy atom. The Balaban J connectivity index is 0.000000252. The number of aromatic nitrogens is 4. The van der Waals surface area contributed by atoms with E-state index in [0.717, 1.165) is 56.5 Å². The lowest BCUT2D eigenvalue weighted by molar-refractivity contribution is 0.415. The van der Waals surface area contributed by atoms with Crippen molar-refractivity contribution in [1.29, 1.82) is 0 Å². The zero-order chi connectivity index (χ0) is 24.9. The summed E-state index contributed by atoms with van der Waals surface area (Å²) >= 11 is 0. The largest absolute Gasteiger partial charge is 0.497 e. The van der Waals surface area contributed by atoms with Crippen LogP contribution in [-0.2, 0) is 0 Å². The summed E-state index contributed by atoms with van der Waals surface area (Å²) in [5.74, 6) is 2.33. The van der Waals surface area contributed by atoms with Crippen molar-refractivity contribution < 1.29 is 9.47 Å². The third-order valence-electron chi connectivity index (χ3n) is 5.65. The third-order valence-corrected chi connectivity index (χ3v) is 5.65. The maximum atomic E-state index is 5.45. The molecule has 3 heterocycles. The molecule has 3 aromatic carbocycles. The van der Waals surface area contributed by atoms with E-state index in [-0.39, 0.29) is 0 Å². The molecule has 0 radical (unpaired) electrons. The summed E-state index contributed by atoms with van der Waals surface area (Å²) in [6, 6.07) is 27.3. The molecule has 36 heavy (non-hydrogen) atoms. The lowest BCUT2D eigenvalue weighted by Crippen LogP contribution is -2.00. The number of fused-ring (bicyclic) bond motifs is 2. The third kappa shape index (κ3) is 4.92. The molecule has 3 aromatic heterocycles. The van der Waals surface area contributed by atoms with E-state index in [4.69, 9.17) is 20.3 Å². The molecule has 8 nitrogen and oxygen atoms in total. The van der Waals surface area contributed by atoms with Gasteiger partial charge in [0.25, 0.3) is 0 Å². The number of H-pyrrole nitrogens is 1. The van der Waals surface area contributed by atoms with Crippen molar-refractivity contribution >= 4 is 33.7 Å². The smallest absolute Gasteiger partial charge is 0.154 e. The number of hydrogen-bond acceptors (Lipinski definition) is 6. The first-order valence-electron chi connectivity index (χ1n) is 11.4. The highest BCUT2D eigenvalue weighted by Crippen LogP contribution is 2.26. The van der Waals surface area contributed by atoms with Crippen molar-refractivity contribution in [2.45, 2.75) is 0 Å². The van der Waals surface area contributed by atoms with Gasteiger partial charge in [-0.25, -0.2) is 9.50 Å². The number of nitrogens with two attached hydrogens (primary N) is 1. The predicted molar refractivity (Wildman–Crippen MR) is 144 cm³/mol. The maximum absolute atomic E-state index is 5.45. The van der Waals surface area contributed by atoms with Crippen LogP contribution in [0.2, 0.25) is 0 Å². The van der Waals surface area contributed by atoms with Crippen molar-refractivity contribution in [2.75, 3.05) is 25.3 Å². The summed E-state index contributed by atoms with van der Waals surface area (Å²) in [7, 11) is 3.28. The Labute approximate surface area is 208 Å². The summed E-state index contributed by atoms with van der Waals surface area (Å²) in [6.45, 7) is 0. The van der Waals surface area contributed by atoms with Crippen LogP contribution in [0.15, 0.2) is 97.3 Å². The Hall–Kier alpha value is -4.98. The molecule has 0 atom stereocenters. The molecule has 6 aromatic rings. The molecule has 0 bridgehead atoms. The van der Waals surface area contributed by atoms with Crippen LogP contribution in [0.5, 0.6) is 11.5 Å². The fourth-order valence-electron chi connectivity index (χ4n) is 3.84. The van der Waals surface area contributed by atoms with E-state index in [9.17, 15) is 0 Å². The second-order valence-corrected chi connectivity index (χ2v) is 8.05. The number of hydrogen-bond donors (Lipinski definition) is 3. The van der Waals surface area contributed by atoms with E-state index >= 15 is 0 Å². The average molecular weight is 479 g/mol. The van der Waals surface area contributed by atoms with Gasteiger partial charge in [-0.3, -0.25) is 0 Å². The van der Waals surface area contributed by atoms with Gasteiger partial charge >= 0.3 is 0 Å². The summed E-state index contributed by atoms with van der Waals surface area (Å²) < 4.78 is 12.1. The molecular formula is C28H26N6O2. The van der Waals surface area contributed by atoms with E-state index in [1.54, 1.807) is 20.3 Å². The number of benzene rings is 3. The Morgan fingerprint density at radius 2 is 1.67 bits per heavy atom. The van der Waals surface area contributed by atoms with Crippen LogP contribution in [0.3, 0.4) is 0 Å². The van der Waals surface area contributed by atoms with Gasteiger partial charge in [0.1, 0.15) is 11.5 Å². The zero-order valence-electron chi connectivity index (χ0n) is 20.0. The molecule has 8 heteroatoms. The lowest BCUT2D eigenvalue weighted by Gasteiger charge is -2.08. The molecule has 4 N–H and O–H groups in total. The van der Waals surface area contributed by atoms with Gasteiger partial charge in [0.15, 0.2) is 11.5 Å². The first kappa shape index (κ1) is 22.8. The van der Waals surface area contributed by atoms with E-state index in [1.807, 2.05) is 71.5 Å². The van der Waals surface area contributed by atoms with Crippen molar-refractivity contribution in [3.05, 3.63) is 97.3 Å². The number of ether oxygens (including phenoxy) is 2. The van der Waals surface area contributed by atoms with Gasteiger partial charge in [-0.1, -0.05) is 18.2 Å². The average Bonchev–Trinajstić information content (AvgIpc) is 3.55. The van der Waals surface area contributed by atoms with Crippen LogP contribution >= 0.6 is 0 Å². The first-order valence-corrected chi connectivity index (χ1v) is 11.4. The minimum atomic E-state index is 0.731. The molecule has 0 saturated heterocycles. The Kier molecular flexibility index (Phi) is 6.40. The standard InChI is InChI=1S/C21H17N5O.C7H9NO/c1-27-17-4-2-3-16(12-17)24-20-7-8-21-23-13-19(26(21)25-20)15-5-6-18-14(11-15)9-10-22-18;1-9-7-4-2-3-6(8)5-7/h2-13,22H,1H3,(H,24,25);2-5H,8H2,1H3. The first-order chi connectivity index (χ1) is 17.6. The van der Waals surface area contributed by atoms with Crippen molar-refractivity contribution in [2.24, 2.45) is 0 Å². The number of nitrogens with zero attached hydrogens (tertiary/aromatic N) is 3. The highest BCUT2D eigenvalue weighted by Gasteiger charge is 2.09. The molecule has 0 aliphatic rings. The summed E-state index contributed by atoms with van der Waals surface area (Å²) in [5.41, 5.74) is 11.0. The minimum absolute atomic E-state index is 0.731. The van der Waals surface area contributed by atoms with E-state index in [0.29, 0.717) is 0 Å². The van der Waals surface area contributed by atoms with Gasteiger partial charge in [0.2, 0.25) is 0 Å². The SMILES string of the molecule is COc1cccc(N)c1.COc1cccc(Nc2ccc3ncc(-c4ccc5[nH]ccc5c4)n3n2)c1. The number of imidazole rings is 1. The van der Waals surface area contributed by atoms with E-state index < -0.39 is 0 Å². The molecule has 180 valence electrons. The van der Waals surface area contributed by atoms with Gasteiger partial charge < -0.3 is 25.5 Å². The van der Waals surface area contributed by atoms with Crippen LogP contribution in [0.25, 0.3) is 27.8 Å². The van der Waals surface area contributed by atoms with Crippen molar-refractivity contribution in [1.82, 2.24) is 19.6 Å². The summed E-state index contributed by atoms with van der Waals surface area (Å²) in [6.07, 6.45) is 3.79. The normalized spacial score (nSPS) is 10.6. The van der Waals surface area contributed by atoms with E-state index in [2.05, 4.69) is 39.6 Å². The highest BCUT2D eigenvalue weighted by molar-refractivity contribution is 5.84. The van der Waals surface area contributed by atoms with Crippen molar-refractivity contribution in [3.8, 4) is 22.8 Å². The van der Waals surface area contributed by atoms with Gasteiger partial charge in [0, 0.05) is 46.2 Å². The Morgan fingerprint density at radius 1 is 0.861 bits per heavy atom. The second-order valence-electron chi connectivity index (χ2n) is 8.05. The maximum Gasteiger partial charge on any atom is 0.154 e. The topological polar surface area (TPSA) is 102 Å². The van der Waals surface area contributed by atoms with Crippen LogP contribution in [0.1, 0.15) is 0 Å². The van der Waals surface area contributed by atoms with Gasteiger partial charge in [-0.2, -0.15) is 0 Å². The van der Waals surface area contributed by atoms with Crippen LogP contribution < -0.4 is 20.5 Å². The van der Waals surface area contributed by atoms with Crippen LogP contribution in [0, 0.1) is 0 Å². The molecule has 0 spiro atoms. The number of methoxy groups -OCH3 is 2. The summed E-state index contributed by atoms with van der Waals surface area (Å²) in [4.78, 5) is 7.70. The molecule has 6 rings (SSSR count). The number of aromatic amines is 1. The van der Waals surface area contributed by atoms with Gasteiger partial charge in [-0.15, -0.1) is 5.10 Å². The molecule has 0 amide bonds. The summed E-state index contributed by atoms with van der Waals surface area (Å²) in [5, 5.41) is 9.20. The zero-order valence-corrected chi connectivity index (χ0v) is 20.0. The monoisotopic (exact) mass is 478 g/mol. The lowest BCUT2D eigenvalue weighted by atomic mass is 10.1. The molecule has 0 unspecified atom stereocenters. The van der Waals surface area contributed by atoms with Gasteiger partial charge in [-0.05, 0) is 54.6 Å². The molecule has 0 saturated carbocycles. The molecule has 0 fully saturated rings. The second kappa shape index (κ2) is 10.1. The number of anilines is 3. The fraction of sp³-hybridized carbons (Fsp3) is 0.0714. The predicted octanol–water partition coefficient (Wildman–Crippen LogP) is 5.91. The van der Waals surface area contributed by atoms with Crippen LogP contribution in [0.4, 0.5) is 17.2 Å². The van der Waals surface area contributed by atoms with E-state index in [1.165, 1.54) is 0 Å². The molecular weight excluding hydrogens is 452 g/mol. The fourth-order valence-corrected chi connectivity index (χ4v) is 3.84. The number of nitrogen functional groups attached to an aromatic ring is 1. The highest BCUT2D eigenvalue weighted by atomic mass is 16.5. The molecule has 0 aliphatic heterocycles. The van der Waals surface area contributed by atoms with Crippen molar-refractivity contribution in [3.63, 3.8) is 0 Å². The quantitative estimate of drug-likeness (QED) is 0.266. The Bertz CT molecular complexity index is 1620. The minimum Gasteiger partial charge on any atom is -0.497 e. The van der Waals surface area contributed by atoms with Gasteiger partial charge in [0.05, 0.1) is 26.1 Å². The molecule has 0 aliphatic carbocycles. The van der Waals surface area contributed by atoms with Crippen LogP contribution in [-0.4, -0.2) is 33.8 Å².